The van der Waals surface area contributed by atoms with E-state index in [4.69, 9.17) is 4.74 Å². The maximum Gasteiger partial charge on any atom is 0.264 e. The van der Waals surface area contributed by atoms with Gasteiger partial charge in [-0.2, -0.15) is 0 Å². The van der Waals surface area contributed by atoms with Crippen molar-refractivity contribution < 1.29 is 22.7 Å². The first-order valence-corrected chi connectivity index (χ1v) is 16.4. The van der Waals surface area contributed by atoms with E-state index in [9.17, 15) is 18.0 Å². The lowest BCUT2D eigenvalue weighted by atomic mass is 9.95. The van der Waals surface area contributed by atoms with Crippen molar-refractivity contribution in [3.63, 3.8) is 0 Å². The smallest absolute Gasteiger partial charge is 0.264 e. The summed E-state index contributed by atoms with van der Waals surface area (Å²) in [6, 6.07) is 19.8. The molecule has 1 atom stereocenters. The van der Waals surface area contributed by atoms with Crippen LogP contribution in [0.15, 0.2) is 82.2 Å². The SMILES string of the molecule is COc1ccc(CN(C(=O)CN(c2cccc(Br)c2)S(=O)(=O)c2ccc(C)cc2)[C@H](C)C(=O)NC2CCCCC2)cc1. The van der Waals surface area contributed by atoms with E-state index in [-0.39, 0.29) is 23.4 Å². The van der Waals surface area contributed by atoms with Gasteiger partial charge in [-0.1, -0.05) is 71.1 Å². The van der Waals surface area contributed by atoms with Gasteiger partial charge in [0.25, 0.3) is 10.0 Å². The molecule has 1 N–H and O–H groups in total. The van der Waals surface area contributed by atoms with Crippen molar-refractivity contribution in [1.82, 2.24) is 10.2 Å². The number of nitrogens with zero attached hydrogens (tertiary/aromatic N) is 2. The van der Waals surface area contributed by atoms with E-state index >= 15 is 0 Å². The molecule has 3 aromatic rings. The summed E-state index contributed by atoms with van der Waals surface area (Å²) in [5.74, 6) is -0.0725. The van der Waals surface area contributed by atoms with Crippen LogP contribution in [0.5, 0.6) is 5.75 Å². The number of anilines is 1. The second-order valence-electron chi connectivity index (χ2n) is 10.7. The topological polar surface area (TPSA) is 96.0 Å². The van der Waals surface area contributed by atoms with Crippen LogP contribution in [-0.2, 0) is 26.2 Å². The predicted molar refractivity (Wildman–Crippen MR) is 168 cm³/mol. The number of benzene rings is 3. The van der Waals surface area contributed by atoms with Gasteiger partial charge in [0.05, 0.1) is 17.7 Å². The summed E-state index contributed by atoms with van der Waals surface area (Å²) in [7, 11) is -2.54. The van der Waals surface area contributed by atoms with Gasteiger partial charge in [0.2, 0.25) is 11.8 Å². The third kappa shape index (κ3) is 7.92. The fourth-order valence-corrected chi connectivity index (χ4v) is 6.87. The number of carbonyl (C=O) groups is 2. The van der Waals surface area contributed by atoms with Crippen LogP contribution in [0.2, 0.25) is 0 Å². The van der Waals surface area contributed by atoms with Crippen LogP contribution in [-0.4, -0.2) is 50.9 Å². The Balaban J connectivity index is 1.67. The zero-order valence-corrected chi connectivity index (χ0v) is 26.7. The molecule has 1 saturated carbocycles. The molecule has 3 aromatic carbocycles. The lowest BCUT2D eigenvalue weighted by Gasteiger charge is -2.33. The van der Waals surface area contributed by atoms with E-state index in [0.29, 0.717) is 15.9 Å². The molecule has 0 radical (unpaired) electrons. The largest absolute Gasteiger partial charge is 0.497 e. The highest BCUT2D eigenvalue weighted by Crippen LogP contribution is 2.27. The van der Waals surface area contributed by atoms with E-state index in [1.807, 2.05) is 19.1 Å². The van der Waals surface area contributed by atoms with E-state index in [0.717, 1.165) is 47.5 Å². The van der Waals surface area contributed by atoms with Crippen LogP contribution in [0.25, 0.3) is 0 Å². The number of amides is 2. The van der Waals surface area contributed by atoms with Crippen LogP contribution in [0.3, 0.4) is 0 Å². The van der Waals surface area contributed by atoms with Crippen LogP contribution < -0.4 is 14.4 Å². The summed E-state index contributed by atoms with van der Waals surface area (Å²) in [4.78, 5) is 29.1. The Kier molecular flexibility index (Phi) is 10.7. The number of ether oxygens (including phenoxy) is 1. The molecule has 0 bridgehead atoms. The Morgan fingerprint density at radius 3 is 2.29 bits per heavy atom. The minimum atomic E-state index is -4.12. The molecule has 42 heavy (non-hydrogen) atoms. The lowest BCUT2D eigenvalue weighted by molar-refractivity contribution is -0.139. The fourth-order valence-electron chi connectivity index (χ4n) is 5.08. The third-order valence-electron chi connectivity index (χ3n) is 7.61. The first-order chi connectivity index (χ1) is 20.1. The molecule has 2 amide bonds. The summed E-state index contributed by atoms with van der Waals surface area (Å²) in [6.07, 6.45) is 5.11. The molecule has 0 unspecified atom stereocenters. The highest BCUT2D eigenvalue weighted by atomic mass is 79.9. The standard InChI is InChI=1S/C32H38BrN3O5S/c1-23-12-18-30(19-13-23)42(39,40)36(28-11-7-8-26(33)20-28)22-31(37)35(21-25-14-16-29(41-3)17-15-25)24(2)32(38)34-27-9-5-4-6-10-27/h7-8,11-20,24,27H,4-6,9-10,21-22H2,1-3H3,(H,34,38)/t24-/m1/s1. The number of methoxy groups -OCH3 is 1. The molecule has 0 spiro atoms. The maximum absolute atomic E-state index is 14.1. The third-order valence-corrected chi connectivity index (χ3v) is 9.90. The van der Waals surface area contributed by atoms with Crippen LogP contribution in [0.4, 0.5) is 5.69 Å². The van der Waals surface area contributed by atoms with E-state index < -0.39 is 28.5 Å². The Hall–Kier alpha value is -3.37. The van der Waals surface area contributed by atoms with Gasteiger partial charge in [0.15, 0.2) is 0 Å². The van der Waals surface area contributed by atoms with E-state index in [1.54, 1.807) is 62.6 Å². The van der Waals surface area contributed by atoms with Crippen molar-refractivity contribution in [3.8, 4) is 5.75 Å². The number of nitrogens with one attached hydrogen (secondary N) is 1. The Morgan fingerprint density at radius 2 is 1.67 bits per heavy atom. The molecule has 10 heteroatoms. The molecule has 0 aliphatic heterocycles. The molecule has 224 valence electrons. The van der Waals surface area contributed by atoms with Crippen molar-refractivity contribution in [1.29, 1.82) is 0 Å². The minimum Gasteiger partial charge on any atom is -0.497 e. The van der Waals surface area contributed by atoms with Crippen molar-refractivity contribution >= 4 is 43.5 Å². The predicted octanol–water partition coefficient (Wildman–Crippen LogP) is 5.83. The number of carbonyl (C=O) groups excluding carboxylic acids is 2. The average molecular weight is 657 g/mol. The summed E-state index contributed by atoms with van der Waals surface area (Å²) >= 11 is 3.42. The molecule has 1 aliphatic rings. The summed E-state index contributed by atoms with van der Waals surface area (Å²) in [5.41, 5.74) is 2.04. The van der Waals surface area contributed by atoms with Gasteiger partial charge in [0, 0.05) is 17.1 Å². The Morgan fingerprint density at radius 1 is 1.00 bits per heavy atom. The molecule has 1 aliphatic carbocycles. The molecular weight excluding hydrogens is 618 g/mol. The fraction of sp³-hybridized carbons (Fsp3) is 0.375. The molecule has 0 saturated heterocycles. The zero-order chi connectivity index (χ0) is 30.3. The number of sulfonamides is 1. The Labute approximate surface area is 257 Å². The molecular formula is C32H38BrN3O5S. The van der Waals surface area contributed by atoms with Crippen LogP contribution in [0.1, 0.15) is 50.2 Å². The summed E-state index contributed by atoms with van der Waals surface area (Å²) < 4.78 is 35.0. The van der Waals surface area contributed by atoms with Gasteiger partial charge < -0.3 is 15.0 Å². The maximum atomic E-state index is 14.1. The van der Waals surface area contributed by atoms with Crippen molar-refractivity contribution in [2.45, 2.75) is 69.5 Å². The van der Waals surface area contributed by atoms with Gasteiger partial charge in [-0.25, -0.2) is 8.42 Å². The van der Waals surface area contributed by atoms with Crippen molar-refractivity contribution in [2.24, 2.45) is 0 Å². The van der Waals surface area contributed by atoms with E-state index in [2.05, 4.69) is 21.2 Å². The number of aryl methyl sites for hydroxylation is 1. The first kappa shape index (κ1) is 31.6. The minimum absolute atomic E-state index is 0.0747. The summed E-state index contributed by atoms with van der Waals surface area (Å²) in [5, 5.41) is 3.12. The number of hydrogen-bond acceptors (Lipinski definition) is 5. The van der Waals surface area contributed by atoms with Crippen LogP contribution >= 0.6 is 15.9 Å². The van der Waals surface area contributed by atoms with Crippen LogP contribution in [0, 0.1) is 6.92 Å². The molecule has 4 rings (SSSR count). The molecule has 0 aromatic heterocycles. The van der Waals surface area contributed by atoms with Gasteiger partial charge in [-0.05, 0) is 74.7 Å². The van der Waals surface area contributed by atoms with Gasteiger partial charge in [-0.3, -0.25) is 13.9 Å². The molecule has 0 heterocycles. The van der Waals surface area contributed by atoms with Gasteiger partial charge in [-0.15, -0.1) is 0 Å². The second kappa shape index (κ2) is 14.2. The summed E-state index contributed by atoms with van der Waals surface area (Å²) in [6.45, 7) is 3.21. The van der Waals surface area contributed by atoms with Gasteiger partial charge >= 0.3 is 0 Å². The second-order valence-corrected chi connectivity index (χ2v) is 13.5. The van der Waals surface area contributed by atoms with Crippen molar-refractivity contribution in [2.75, 3.05) is 18.0 Å². The average Bonchev–Trinajstić information content (AvgIpc) is 2.99. The highest BCUT2D eigenvalue weighted by Gasteiger charge is 2.33. The number of hydrogen-bond donors (Lipinski definition) is 1. The monoisotopic (exact) mass is 655 g/mol. The zero-order valence-electron chi connectivity index (χ0n) is 24.3. The quantitative estimate of drug-likeness (QED) is 0.281. The van der Waals surface area contributed by atoms with Gasteiger partial charge in [0.1, 0.15) is 18.3 Å². The van der Waals surface area contributed by atoms with E-state index in [1.165, 1.54) is 17.0 Å². The molecule has 1 fully saturated rings. The lowest BCUT2D eigenvalue weighted by Crippen LogP contribution is -2.53. The first-order valence-electron chi connectivity index (χ1n) is 14.2. The number of halogens is 1. The number of rotatable bonds is 11. The normalized spacial score (nSPS) is 14.6. The Bertz CT molecular complexity index is 1470. The van der Waals surface area contributed by atoms with Crippen molar-refractivity contribution in [3.05, 3.63) is 88.4 Å². The highest BCUT2D eigenvalue weighted by molar-refractivity contribution is 9.10. The molecule has 8 nitrogen and oxygen atoms in total.